The number of aliphatic hydroxyl groups excluding tert-OH is 1. The van der Waals surface area contributed by atoms with Gasteiger partial charge in [0.25, 0.3) is 0 Å². The highest BCUT2D eigenvalue weighted by Crippen LogP contribution is 2.21. The molecule has 0 spiro atoms. The number of nitrogens with zero attached hydrogens (tertiary/aromatic N) is 2. The van der Waals surface area contributed by atoms with Gasteiger partial charge in [-0.25, -0.2) is 9.97 Å². The Hall–Kier alpha value is -1.60. The number of aliphatic hydroxyl groups is 1. The van der Waals surface area contributed by atoms with E-state index in [0.29, 0.717) is 18.1 Å². The minimum atomic E-state index is 0.00786. The van der Waals surface area contributed by atoms with Crippen molar-refractivity contribution in [3.05, 3.63) is 6.33 Å². The number of anilines is 3. The summed E-state index contributed by atoms with van der Waals surface area (Å²) in [4.78, 5) is 7.63. The highest BCUT2D eigenvalue weighted by atomic mass is 16.3. The van der Waals surface area contributed by atoms with Crippen LogP contribution < -0.4 is 22.3 Å². The van der Waals surface area contributed by atoms with E-state index in [1.54, 1.807) is 0 Å². The molecule has 0 fully saturated rings. The Balaban J connectivity index is 2.85. The van der Waals surface area contributed by atoms with Gasteiger partial charge in [-0.1, -0.05) is 0 Å². The molecule has 0 aliphatic heterocycles. The van der Waals surface area contributed by atoms with Crippen LogP contribution in [0.25, 0.3) is 0 Å². The summed E-state index contributed by atoms with van der Waals surface area (Å²) >= 11 is 0. The molecule has 0 bridgehead atoms. The Morgan fingerprint density at radius 3 is 2.85 bits per heavy atom. The van der Waals surface area contributed by atoms with Gasteiger partial charge in [-0.2, -0.15) is 0 Å². The molecule has 0 radical (unpaired) electrons. The number of hydrogen-bond donors (Lipinski definition) is 5. The van der Waals surface area contributed by atoms with Crippen LogP contribution in [0.15, 0.2) is 6.33 Å². The SMILES string of the molecule is NNc1c(N)ncnc1NCCO. The second-order valence-electron chi connectivity index (χ2n) is 2.28. The van der Waals surface area contributed by atoms with Gasteiger partial charge in [-0.15, -0.1) is 0 Å². The average Bonchev–Trinajstić information content (AvgIpc) is 2.15. The predicted octanol–water partition coefficient (Wildman–Crippen LogP) is -1.25. The molecule has 0 aromatic carbocycles. The fourth-order valence-electron chi connectivity index (χ4n) is 0.850. The van der Waals surface area contributed by atoms with Gasteiger partial charge >= 0.3 is 0 Å². The van der Waals surface area contributed by atoms with Gasteiger partial charge in [0, 0.05) is 6.54 Å². The van der Waals surface area contributed by atoms with Gasteiger partial charge in [-0.05, 0) is 0 Å². The lowest BCUT2D eigenvalue weighted by molar-refractivity contribution is 0.311. The van der Waals surface area contributed by atoms with Gasteiger partial charge < -0.3 is 21.6 Å². The Labute approximate surface area is 75.1 Å². The molecule has 0 aliphatic carbocycles. The van der Waals surface area contributed by atoms with Crippen LogP contribution in [-0.2, 0) is 0 Å². The molecule has 0 saturated heterocycles. The van der Waals surface area contributed by atoms with Crippen LogP contribution in [0.3, 0.4) is 0 Å². The summed E-state index contributed by atoms with van der Waals surface area (Å²) in [6.07, 6.45) is 1.32. The fourth-order valence-corrected chi connectivity index (χ4v) is 0.850. The third kappa shape index (κ3) is 2.17. The van der Waals surface area contributed by atoms with Gasteiger partial charge in [0.05, 0.1) is 6.61 Å². The van der Waals surface area contributed by atoms with Crippen molar-refractivity contribution in [1.82, 2.24) is 9.97 Å². The summed E-state index contributed by atoms with van der Waals surface area (Å²) in [5.41, 5.74) is 8.31. The lowest BCUT2D eigenvalue weighted by atomic mass is 10.4. The monoisotopic (exact) mass is 184 g/mol. The zero-order valence-corrected chi connectivity index (χ0v) is 6.99. The van der Waals surface area contributed by atoms with E-state index < -0.39 is 0 Å². The lowest BCUT2D eigenvalue weighted by Crippen LogP contribution is -2.16. The number of hydrogen-bond acceptors (Lipinski definition) is 7. The number of nitrogen functional groups attached to an aromatic ring is 2. The zero-order valence-electron chi connectivity index (χ0n) is 6.99. The Morgan fingerprint density at radius 1 is 1.46 bits per heavy atom. The van der Waals surface area contributed by atoms with Crippen molar-refractivity contribution >= 4 is 17.3 Å². The Bertz CT molecular complexity index is 278. The van der Waals surface area contributed by atoms with E-state index in [-0.39, 0.29) is 12.4 Å². The predicted molar refractivity (Wildman–Crippen MR) is 49.8 cm³/mol. The topological polar surface area (TPSA) is 122 Å². The first kappa shape index (κ1) is 9.49. The molecule has 1 heterocycles. The third-order valence-electron chi connectivity index (χ3n) is 1.43. The van der Waals surface area contributed by atoms with Crippen LogP contribution in [0.5, 0.6) is 0 Å². The summed E-state index contributed by atoms with van der Waals surface area (Å²) in [7, 11) is 0. The second kappa shape index (κ2) is 4.43. The summed E-state index contributed by atoms with van der Waals surface area (Å²) < 4.78 is 0. The van der Waals surface area contributed by atoms with Crippen molar-refractivity contribution in [2.75, 3.05) is 29.6 Å². The van der Waals surface area contributed by atoms with Crippen molar-refractivity contribution in [2.24, 2.45) is 5.84 Å². The maximum atomic E-state index is 8.57. The van der Waals surface area contributed by atoms with E-state index in [1.807, 2.05) is 0 Å². The minimum absolute atomic E-state index is 0.00786. The highest BCUT2D eigenvalue weighted by Gasteiger charge is 2.05. The molecule has 72 valence electrons. The average molecular weight is 184 g/mol. The quantitative estimate of drug-likeness (QED) is 0.292. The number of nitrogens with one attached hydrogen (secondary N) is 2. The Kier molecular flexibility index (Phi) is 3.23. The van der Waals surface area contributed by atoms with Crippen molar-refractivity contribution in [3.63, 3.8) is 0 Å². The van der Waals surface area contributed by atoms with Crippen LogP contribution in [0.1, 0.15) is 0 Å². The molecule has 0 aliphatic rings. The molecule has 0 amide bonds. The smallest absolute Gasteiger partial charge is 0.156 e. The summed E-state index contributed by atoms with van der Waals surface area (Å²) in [6, 6.07) is 0. The molecule has 0 saturated carbocycles. The molecular weight excluding hydrogens is 172 g/mol. The second-order valence-corrected chi connectivity index (χ2v) is 2.28. The van der Waals surface area contributed by atoms with Gasteiger partial charge in [0.1, 0.15) is 12.0 Å². The maximum Gasteiger partial charge on any atom is 0.156 e. The molecule has 7 N–H and O–H groups in total. The molecule has 1 rings (SSSR count). The summed E-state index contributed by atoms with van der Waals surface area (Å²) in [5, 5.41) is 11.4. The van der Waals surface area contributed by atoms with E-state index in [4.69, 9.17) is 16.7 Å². The summed E-state index contributed by atoms with van der Waals surface area (Å²) in [5.74, 6) is 5.95. The van der Waals surface area contributed by atoms with Crippen LogP contribution in [0, 0.1) is 0 Å². The van der Waals surface area contributed by atoms with E-state index in [1.165, 1.54) is 6.33 Å². The van der Waals surface area contributed by atoms with E-state index >= 15 is 0 Å². The van der Waals surface area contributed by atoms with E-state index in [9.17, 15) is 0 Å². The van der Waals surface area contributed by atoms with Crippen LogP contribution >= 0.6 is 0 Å². The minimum Gasteiger partial charge on any atom is -0.395 e. The number of nitrogens with two attached hydrogens (primary N) is 2. The first-order valence-corrected chi connectivity index (χ1v) is 3.71. The number of hydrazine groups is 1. The van der Waals surface area contributed by atoms with E-state index in [0.717, 1.165) is 0 Å². The lowest BCUT2D eigenvalue weighted by Gasteiger charge is -2.09. The zero-order chi connectivity index (χ0) is 9.68. The largest absolute Gasteiger partial charge is 0.395 e. The van der Waals surface area contributed by atoms with Crippen molar-refractivity contribution < 1.29 is 5.11 Å². The molecule has 7 nitrogen and oxygen atoms in total. The Morgan fingerprint density at radius 2 is 2.23 bits per heavy atom. The molecule has 13 heavy (non-hydrogen) atoms. The van der Waals surface area contributed by atoms with Gasteiger partial charge in [-0.3, -0.25) is 5.84 Å². The van der Waals surface area contributed by atoms with Gasteiger partial charge in [0.15, 0.2) is 11.6 Å². The van der Waals surface area contributed by atoms with E-state index in [2.05, 4.69) is 20.7 Å². The van der Waals surface area contributed by atoms with Gasteiger partial charge in [0.2, 0.25) is 0 Å². The number of rotatable bonds is 4. The molecule has 1 aromatic rings. The van der Waals surface area contributed by atoms with Crippen molar-refractivity contribution in [2.45, 2.75) is 0 Å². The first-order valence-electron chi connectivity index (χ1n) is 3.71. The maximum absolute atomic E-state index is 8.57. The molecule has 7 heteroatoms. The normalized spacial score (nSPS) is 9.69. The van der Waals surface area contributed by atoms with Crippen molar-refractivity contribution in [3.8, 4) is 0 Å². The van der Waals surface area contributed by atoms with Crippen LogP contribution in [-0.4, -0.2) is 28.2 Å². The van der Waals surface area contributed by atoms with Crippen LogP contribution in [0.4, 0.5) is 17.3 Å². The molecule has 0 unspecified atom stereocenters. The van der Waals surface area contributed by atoms with Crippen molar-refractivity contribution in [1.29, 1.82) is 0 Å². The summed E-state index contributed by atoms with van der Waals surface area (Å²) in [6.45, 7) is 0.388. The molecule has 0 atom stereocenters. The first-order chi connectivity index (χ1) is 6.29. The van der Waals surface area contributed by atoms with Crippen LogP contribution in [0.2, 0.25) is 0 Å². The fraction of sp³-hybridized carbons (Fsp3) is 0.333. The third-order valence-corrected chi connectivity index (χ3v) is 1.43. The molecular formula is C6H12N6O. The highest BCUT2D eigenvalue weighted by molar-refractivity contribution is 5.74. The molecule has 1 aromatic heterocycles. The standard InChI is InChI=1S/C6H12N6O/c7-5-4(12-8)6(9-1-2-13)11-3-10-5/h3,12-13H,1-2,8H2,(H3,7,9,10,11). The number of aromatic nitrogens is 2.